The average Bonchev–Trinajstić information content (AvgIpc) is 3.72. The van der Waals surface area contributed by atoms with Gasteiger partial charge in [0.2, 0.25) is 0 Å². The molecule has 8 rings (SSSR count). The molecule has 13 nitrogen and oxygen atoms in total. The van der Waals surface area contributed by atoms with Crippen LogP contribution in [-0.4, -0.2) is 70.6 Å². The highest BCUT2D eigenvalue weighted by molar-refractivity contribution is 5.93. The van der Waals surface area contributed by atoms with Crippen LogP contribution in [0.1, 0.15) is 99.2 Å². The summed E-state index contributed by atoms with van der Waals surface area (Å²) >= 11 is 0. The zero-order chi connectivity index (χ0) is 36.2. The van der Waals surface area contributed by atoms with E-state index in [1.165, 1.54) is 33.5 Å². The molecule has 1 aromatic heterocycles. The van der Waals surface area contributed by atoms with Crippen LogP contribution < -0.4 is 0 Å². The lowest BCUT2D eigenvalue weighted by atomic mass is 9.33. The summed E-state index contributed by atoms with van der Waals surface area (Å²) in [7, 11) is 1.35. The van der Waals surface area contributed by atoms with Crippen LogP contribution in [0.5, 0.6) is 0 Å². The van der Waals surface area contributed by atoms with Crippen molar-refractivity contribution in [3.05, 3.63) is 35.5 Å². The minimum absolute atomic E-state index is 0.0352. The van der Waals surface area contributed by atoms with Crippen LogP contribution in [0.25, 0.3) is 0 Å². The maximum atomic E-state index is 14.8. The van der Waals surface area contributed by atoms with Gasteiger partial charge in [0.15, 0.2) is 11.7 Å². The van der Waals surface area contributed by atoms with Gasteiger partial charge in [0, 0.05) is 55.4 Å². The number of hydrogen-bond acceptors (Lipinski definition) is 13. The number of esters is 4. The maximum Gasteiger partial charge on any atom is 0.338 e. The number of aliphatic hydroxyl groups is 1. The number of rotatable bonds is 7. The molecule has 13 heteroatoms. The molecule has 272 valence electrons. The predicted molar refractivity (Wildman–Crippen MR) is 168 cm³/mol. The van der Waals surface area contributed by atoms with E-state index in [-0.39, 0.29) is 24.2 Å². The Balaban J connectivity index is 1.49. The van der Waals surface area contributed by atoms with Crippen LogP contribution in [0.15, 0.2) is 34.3 Å². The zero-order valence-electron chi connectivity index (χ0n) is 30.0. The molecular weight excluding hydrogens is 652 g/mol. The Kier molecular flexibility index (Phi) is 6.63. The van der Waals surface area contributed by atoms with Crippen molar-refractivity contribution >= 4 is 23.9 Å². The molecule has 12 atom stereocenters. The molecule has 3 saturated heterocycles. The van der Waals surface area contributed by atoms with Crippen LogP contribution >= 0.6 is 0 Å². The second kappa shape index (κ2) is 9.78. The number of hydrogen-bond donors (Lipinski definition) is 1. The Morgan fingerprint density at radius 3 is 2.30 bits per heavy atom. The SMILES string of the molecule is COC(=O)CC1C2(C)CC3(O)C4OC(=O)/C(=C(\OC(C)=O)C(C)C)C5C(C)(C(OC(C)=O)c6ccoc6)CCC67OC(C)(OC546)OC3(C2)C17C. The standard InChI is InChI=1S/C37H46O13/c1-18(2)25(45-19(3)38)24-26-31(6,27(46-20(4)39)21-10-13-44-15-21)11-12-35-32(7)22(14-23(40)43-9)30(5)16-34(42)29(47-28(24)41)37(26,35)50-33(8,48-35)49-36(32,34)17-30/h10,13,15,18,22,26-27,29,42H,11-12,14,16-17H2,1-9H3/b25-24-. The van der Waals surface area contributed by atoms with E-state index >= 15 is 0 Å². The lowest BCUT2D eigenvalue weighted by molar-refractivity contribution is -0.471. The lowest BCUT2D eigenvalue weighted by Gasteiger charge is -2.77. The third-order valence-corrected chi connectivity index (χ3v) is 14.0. The largest absolute Gasteiger partial charge is 0.472 e. The first kappa shape index (κ1) is 33.9. The molecular formula is C37H46O13. The monoisotopic (exact) mass is 698 g/mol. The highest BCUT2D eigenvalue weighted by Gasteiger charge is 3.02. The summed E-state index contributed by atoms with van der Waals surface area (Å²) in [5.41, 5.74) is -8.49. The summed E-state index contributed by atoms with van der Waals surface area (Å²) in [5, 5.41) is 13.4. The van der Waals surface area contributed by atoms with E-state index in [0.29, 0.717) is 24.8 Å². The van der Waals surface area contributed by atoms with Crippen molar-refractivity contribution in [2.24, 2.45) is 34.0 Å². The minimum Gasteiger partial charge on any atom is -0.472 e. The molecule has 1 N–H and O–H groups in total. The summed E-state index contributed by atoms with van der Waals surface area (Å²) < 4.78 is 50.6. The van der Waals surface area contributed by atoms with E-state index in [1.807, 2.05) is 20.8 Å². The Labute approximate surface area is 290 Å². The van der Waals surface area contributed by atoms with Crippen molar-refractivity contribution in [1.29, 1.82) is 0 Å². The molecule has 0 amide bonds. The quantitative estimate of drug-likeness (QED) is 0.184. The van der Waals surface area contributed by atoms with E-state index < -0.39 is 98.5 Å². The molecule has 12 unspecified atom stereocenters. The molecule has 4 heterocycles. The van der Waals surface area contributed by atoms with Gasteiger partial charge in [-0.25, -0.2) is 4.79 Å². The lowest BCUT2D eigenvalue weighted by Crippen LogP contribution is -2.92. The first-order chi connectivity index (χ1) is 23.2. The molecule has 4 bridgehead atoms. The van der Waals surface area contributed by atoms with Crippen molar-refractivity contribution in [1.82, 2.24) is 0 Å². The van der Waals surface area contributed by atoms with Crippen LogP contribution in [0.2, 0.25) is 0 Å². The highest BCUT2D eigenvalue weighted by Crippen LogP contribution is 2.90. The molecule has 4 aliphatic carbocycles. The van der Waals surface area contributed by atoms with Crippen molar-refractivity contribution in [2.45, 2.75) is 128 Å². The number of furan rings is 1. The van der Waals surface area contributed by atoms with E-state index in [9.17, 15) is 24.3 Å². The molecule has 3 spiro atoms. The maximum absolute atomic E-state index is 14.8. The van der Waals surface area contributed by atoms with E-state index in [1.54, 1.807) is 26.8 Å². The summed E-state index contributed by atoms with van der Waals surface area (Å²) in [6.45, 7) is 13.8. The summed E-state index contributed by atoms with van der Waals surface area (Å²) in [5.74, 6) is -5.97. The number of carbonyl (C=O) groups is 4. The first-order valence-electron chi connectivity index (χ1n) is 17.5. The van der Waals surface area contributed by atoms with Crippen LogP contribution in [0, 0.1) is 34.0 Å². The minimum atomic E-state index is -1.79. The first-order valence-corrected chi connectivity index (χ1v) is 17.5. The van der Waals surface area contributed by atoms with Gasteiger partial charge in [0.1, 0.15) is 28.7 Å². The smallest absolute Gasteiger partial charge is 0.338 e. The molecule has 50 heavy (non-hydrogen) atoms. The highest BCUT2D eigenvalue weighted by atomic mass is 16.9. The Bertz CT molecular complexity index is 1750. The summed E-state index contributed by atoms with van der Waals surface area (Å²) in [6.07, 6.45) is 1.81. The van der Waals surface area contributed by atoms with Gasteiger partial charge >= 0.3 is 23.9 Å². The van der Waals surface area contributed by atoms with Gasteiger partial charge in [-0.3, -0.25) is 14.4 Å². The van der Waals surface area contributed by atoms with E-state index in [2.05, 4.69) is 0 Å². The van der Waals surface area contributed by atoms with Crippen LogP contribution in [0.4, 0.5) is 0 Å². The second-order valence-corrected chi connectivity index (χ2v) is 16.9. The van der Waals surface area contributed by atoms with Gasteiger partial charge in [-0.05, 0) is 43.1 Å². The van der Waals surface area contributed by atoms with Crippen molar-refractivity contribution in [2.75, 3.05) is 7.11 Å². The van der Waals surface area contributed by atoms with Gasteiger partial charge in [0.25, 0.3) is 5.97 Å². The number of ether oxygens (including phenoxy) is 7. The third kappa shape index (κ3) is 3.48. The molecule has 0 radical (unpaired) electrons. The molecule has 0 aromatic carbocycles. The molecule has 7 aliphatic rings. The number of methoxy groups -OCH3 is 1. The molecule has 4 saturated carbocycles. The van der Waals surface area contributed by atoms with Gasteiger partial charge in [0.05, 0.1) is 25.2 Å². The van der Waals surface area contributed by atoms with E-state index in [4.69, 9.17) is 37.6 Å². The summed E-state index contributed by atoms with van der Waals surface area (Å²) in [6, 6.07) is 1.70. The van der Waals surface area contributed by atoms with E-state index in [0.717, 1.165) is 0 Å². The number of allylic oxidation sites excluding steroid dienone is 1. The van der Waals surface area contributed by atoms with Crippen molar-refractivity contribution in [3.63, 3.8) is 0 Å². The fraction of sp³-hybridized carbons (Fsp3) is 0.730. The van der Waals surface area contributed by atoms with Gasteiger partial charge in [-0.15, -0.1) is 0 Å². The second-order valence-electron chi connectivity index (χ2n) is 16.9. The normalized spacial score (nSPS) is 48.9. The molecule has 1 aromatic rings. The molecule has 7 fully saturated rings. The number of carbonyl (C=O) groups excluding carboxylic acids is 4. The third-order valence-electron chi connectivity index (χ3n) is 14.0. The van der Waals surface area contributed by atoms with Gasteiger partial charge < -0.3 is 42.7 Å². The van der Waals surface area contributed by atoms with Gasteiger partial charge in [-0.1, -0.05) is 34.6 Å². The van der Waals surface area contributed by atoms with Crippen molar-refractivity contribution < 1.29 is 61.9 Å². The average molecular weight is 699 g/mol. The van der Waals surface area contributed by atoms with Crippen LogP contribution in [-0.2, 0) is 52.3 Å². The molecule has 3 aliphatic heterocycles. The number of fused-ring (bicyclic) bond motifs is 3. The zero-order valence-corrected chi connectivity index (χ0v) is 30.0. The fourth-order valence-corrected chi connectivity index (χ4v) is 12.9. The van der Waals surface area contributed by atoms with Crippen molar-refractivity contribution in [3.8, 4) is 0 Å². The Hall–Kier alpha value is -3.26. The Morgan fingerprint density at radius 2 is 1.70 bits per heavy atom. The summed E-state index contributed by atoms with van der Waals surface area (Å²) in [4.78, 5) is 53.6. The van der Waals surface area contributed by atoms with Gasteiger partial charge in [-0.2, -0.15) is 0 Å². The Morgan fingerprint density at radius 1 is 1.00 bits per heavy atom. The topological polar surface area (TPSA) is 166 Å². The van der Waals surface area contributed by atoms with Crippen LogP contribution in [0.3, 0.4) is 0 Å². The fourth-order valence-electron chi connectivity index (χ4n) is 12.9. The predicted octanol–water partition coefficient (Wildman–Crippen LogP) is 4.41.